The molecule has 1 heterocycles. The number of hydrogen-bond donors (Lipinski definition) is 1. The van der Waals surface area contributed by atoms with Gasteiger partial charge in [0.1, 0.15) is 5.69 Å². The summed E-state index contributed by atoms with van der Waals surface area (Å²) in [6.45, 7) is 5.94. The average molecular weight is 382 g/mol. The molecule has 0 atom stereocenters. The minimum Gasteiger partial charge on any atom is -0.319 e. The molecule has 3 rings (SSSR count). The topological polar surface area (TPSA) is 56.0 Å². The van der Waals surface area contributed by atoms with Crippen molar-refractivity contribution >= 4 is 23.4 Å². The minimum atomic E-state index is -0.231. The molecule has 6 heteroatoms. The second-order valence-corrected chi connectivity index (χ2v) is 7.57. The van der Waals surface area contributed by atoms with Crippen molar-refractivity contribution in [2.45, 2.75) is 25.7 Å². The Morgan fingerprint density at radius 1 is 1.04 bits per heavy atom. The number of thioether (sulfide) groups is 1. The van der Waals surface area contributed by atoms with Crippen LogP contribution in [0.4, 0.5) is 5.69 Å². The molecule has 0 unspecified atom stereocenters. The first-order valence-electron chi connectivity index (χ1n) is 8.72. The Labute approximate surface area is 163 Å². The minimum absolute atomic E-state index is 0.191. The van der Waals surface area contributed by atoms with Crippen molar-refractivity contribution in [3.63, 3.8) is 0 Å². The highest BCUT2D eigenvalue weighted by Crippen LogP contribution is 2.21. The van der Waals surface area contributed by atoms with Crippen molar-refractivity contribution in [1.82, 2.24) is 9.36 Å². The van der Waals surface area contributed by atoms with Crippen LogP contribution in [0, 0.1) is 20.8 Å². The van der Waals surface area contributed by atoms with Gasteiger partial charge in [0.25, 0.3) is 5.56 Å². The molecule has 27 heavy (non-hydrogen) atoms. The van der Waals surface area contributed by atoms with Crippen LogP contribution >= 0.6 is 11.8 Å². The molecule has 1 N–H and O–H groups in total. The lowest BCUT2D eigenvalue weighted by Gasteiger charge is -2.07. The number of para-hydroxylation sites is 1. The summed E-state index contributed by atoms with van der Waals surface area (Å²) < 4.78 is 3.31. The van der Waals surface area contributed by atoms with Gasteiger partial charge in [-0.2, -0.15) is 0 Å². The second-order valence-electron chi connectivity index (χ2n) is 6.52. The number of nitrogens with one attached hydrogen (secondary N) is 1. The Bertz CT molecular complexity index is 1040. The first-order chi connectivity index (χ1) is 12.9. The average Bonchev–Trinajstić information content (AvgIpc) is 2.87. The van der Waals surface area contributed by atoms with E-state index in [1.165, 1.54) is 22.9 Å². The molecule has 0 fully saturated rings. The predicted octanol–water partition coefficient (Wildman–Crippen LogP) is 3.83. The highest BCUT2D eigenvalue weighted by atomic mass is 32.2. The van der Waals surface area contributed by atoms with E-state index in [-0.39, 0.29) is 17.2 Å². The predicted molar refractivity (Wildman–Crippen MR) is 111 cm³/mol. The van der Waals surface area contributed by atoms with Crippen molar-refractivity contribution in [3.8, 4) is 5.69 Å². The molecule has 0 aliphatic carbocycles. The number of amides is 1. The van der Waals surface area contributed by atoms with Crippen molar-refractivity contribution in [2.24, 2.45) is 7.05 Å². The monoisotopic (exact) mass is 381 g/mol. The molecule has 0 spiro atoms. The van der Waals surface area contributed by atoms with Crippen LogP contribution in [0.5, 0.6) is 0 Å². The summed E-state index contributed by atoms with van der Waals surface area (Å²) >= 11 is 1.46. The molecule has 0 saturated heterocycles. The van der Waals surface area contributed by atoms with Crippen LogP contribution in [0.15, 0.2) is 58.2 Å². The number of aromatic nitrogens is 2. The standard InChI is InChI=1S/C21H23N3O2S/c1-14-10-11-18(12-15(14)2)27-13-19(25)22-20-16(3)23(4)24(21(20)26)17-8-6-5-7-9-17/h5-12H,13H2,1-4H3,(H,22,25). The highest BCUT2D eigenvalue weighted by Gasteiger charge is 2.18. The first-order valence-corrected chi connectivity index (χ1v) is 9.71. The zero-order chi connectivity index (χ0) is 19.6. The molecule has 0 radical (unpaired) electrons. The Balaban J connectivity index is 1.76. The number of carbonyl (C=O) groups excluding carboxylic acids is 1. The molecule has 0 aliphatic rings. The summed E-state index contributed by atoms with van der Waals surface area (Å²) in [6.07, 6.45) is 0. The van der Waals surface area contributed by atoms with E-state index in [1.807, 2.05) is 50.4 Å². The zero-order valence-electron chi connectivity index (χ0n) is 15.9. The van der Waals surface area contributed by atoms with E-state index in [0.29, 0.717) is 11.4 Å². The maximum absolute atomic E-state index is 12.8. The van der Waals surface area contributed by atoms with E-state index in [9.17, 15) is 9.59 Å². The van der Waals surface area contributed by atoms with Gasteiger partial charge in [-0.05, 0) is 56.2 Å². The smallest absolute Gasteiger partial charge is 0.295 e. The van der Waals surface area contributed by atoms with E-state index in [2.05, 4.69) is 31.3 Å². The number of benzene rings is 2. The van der Waals surface area contributed by atoms with Gasteiger partial charge in [0.05, 0.1) is 17.1 Å². The number of carbonyl (C=O) groups is 1. The quantitative estimate of drug-likeness (QED) is 0.684. The lowest BCUT2D eigenvalue weighted by atomic mass is 10.1. The number of nitrogens with zero attached hydrogens (tertiary/aromatic N) is 2. The van der Waals surface area contributed by atoms with Crippen LogP contribution in [0.3, 0.4) is 0 Å². The van der Waals surface area contributed by atoms with Gasteiger partial charge >= 0.3 is 0 Å². The van der Waals surface area contributed by atoms with Crippen molar-refractivity contribution in [2.75, 3.05) is 11.1 Å². The lowest BCUT2D eigenvalue weighted by molar-refractivity contribution is -0.113. The van der Waals surface area contributed by atoms with Gasteiger partial charge in [0, 0.05) is 11.9 Å². The van der Waals surface area contributed by atoms with Gasteiger partial charge < -0.3 is 5.32 Å². The van der Waals surface area contributed by atoms with E-state index >= 15 is 0 Å². The summed E-state index contributed by atoms with van der Waals surface area (Å²) in [5.74, 6) is 0.0611. The van der Waals surface area contributed by atoms with Crippen molar-refractivity contribution in [1.29, 1.82) is 0 Å². The largest absolute Gasteiger partial charge is 0.319 e. The molecule has 0 aliphatic heterocycles. The summed E-state index contributed by atoms with van der Waals surface area (Å²) in [7, 11) is 1.81. The molecular formula is C21H23N3O2S. The summed E-state index contributed by atoms with van der Waals surface area (Å²) in [6, 6.07) is 15.5. The third-order valence-corrected chi connectivity index (χ3v) is 5.66. The fraction of sp³-hybridized carbons (Fsp3) is 0.238. The molecular weight excluding hydrogens is 358 g/mol. The third kappa shape index (κ3) is 4.01. The summed E-state index contributed by atoms with van der Waals surface area (Å²) in [4.78, 5) is 26.3. The number of aryl methyl sites for hydroxylation is 2. The van der Waals surface area contributed by atoms with Gasteiger partial charge in [-0.15, -0.1) is 11.8 Å². The number of anilines is 1. The Hall–Kier alpha value is -2.73. The van der Waals surface area contributed by atoms with Gasteiger partial charge in [-0.3, -0.25) is 14.3 Å². The third-order valence-electron chi connectivity index (χ3n) is 4.67. The molecule has 140 valence electrons. The van der Waals surface area contributed by atoms with Crippen LogP contribution < -0.4 is 10.9 Å². The van der Waals surface area contributed by atoms with Crippen molar-refractivity contribution in [3.05, 3.63) is 75.7 Å². The summed E-state index contributed by atoms with van der Waals surface area (Å²) in [5, 5.41) is 2.79. The molecule has 0 bridgehead atoms. The zero-order valence-corrected chi connectivity index (χ0v) is 16.8. The number of hydrogen-bond acceptors (Lipinski definition) is 3. The number of rotatable bonds is 5. The first kappa shape index (κ1) is 19.0. The Morgan fingerprint density at radius 3 is 2.41 bits per heavy atom. The lowest BCUT2D eigenvalue weighted by Crippen LogP contribution is -2.23. The fourth-order valence-electron chi connectivity index (χ4n) is 2.84. The molecule has 5 nitrogen and oxygen atoms in total. The van der Waals surface area contributed by atoms with E-state index in [0.717, 1.165) is 10.6 Å². The maximum atomic E-state index is 12.8. The Kier molecular flexibility index (Phi) is 5.56. The van der Waals surface area contributed by atoms with Crippen LogP contribution in [0.25, 0.3) is 5.69 Å². The van der Waals surface area contributed by atoms with Crippen LogP contribution in [-0.4, -0.2) is 21.0 Å². The van der Waals surface area contributed by atoms with Gasteiger partial charge in [0.2, 0.25) is 5.91 Å². The molecule has 1 aromatic heterocycles. The van der Waals surface area contributed by atoms with Gasteiger partial charge in [-0.1, -0.05) is 24.3 Å². The SMILES string of the molecule is Cc1ccc(SCC(=O)Nc2c(C)n(C)n(-c3ccccc3)c2=O)cc1C. The Morgan fingerprint density at radius 2 is 1.74 bits per heavy atom. The van der Waals surface area contributed by atoms with Gasteiger partial charge in [-0.25, -0.2) is 4.68 Å². The van der Waals surface area contributed by atoms with Crippen LogP contribution in [0.1, 0.15) is 16.8 Å². The van der Waals surface area contributed by atoms with E-state index in [4.69, 9.17) is 0 Å². The summed E-state index contributed by atoms with van der Waals surface area (Å²) in [5.41, 5.74) is 4.00. The van der Waals surface area contributed by atoms with Crippen LogP contribution in [-0.2, 0) is 11.8 Å². The van der Waals surface area contributed by atoms with E-state index in [1.54, 1.807) is 9.36 Å². The van der Waals surface area contributed by atoms with Gasteiger partial charge in [0.15, 0.2) is 0 Å². The molecule has 0 saturated carbocycles. The van der Waals surface area contributed by atoms with Crippen LogP contribution in [0.2, 0.25) is 0 Å². The van der Waals surface area contributed by atoms with Crippen molar-refractivity contribution < 1.29 is 4.79 Å². The highest BCUT2D eigenvalue weighted by molar-refractivity contribution is 8.00. The maximum Gasteiger partial charge on any atom is 0.295 e. The second kappa shape index (κ2) is 7.88. The molecule has 1 amide bonds. The normalized spacial score (nSPS) is 10.8. The molecule has 3 aromatic rings. The van der Waals surface area contributed by atoms with E-state index < -0.39 is 0 Å². The molecule has 2 aromatic carbocycles. The fourth-order valence-corrected chi connectivity index (χ4v) is 3.63.